The summed E-state index contributed by atoms with van der Waals surface area (Å²) in [5.41, 5.74) is 0. The summed E-state index contributed by atoms with van der Waals surface area (Å²) in [5, 5.41) is 10.6. The van der Waals surface area contributed by atoms with Crippen molar-refractivity contribution in [3.8, 4) is 0 Å². The first-order chi connectivity index (χ1) is 47.7. The molecule has 5 atom stereocenters. The molecule has 0 saturated carbocycles. The fourth-order valence-corrected chi connectivity index (χ4v) is 12.4. The smallest absolute Gasteiger partial charge is 0.462 e. The Morgan fingerprint density at radius 3 is 0.796 bits per heavy atom. The van der Waals surface area contributed by atoms with Crippen LogP contribution < -0.4 is 0 Å². The number of allylic oxidation sites excluding steroid dienone is 10. The van der Waals surface area contributed by atoms with Gasteiger partial charge in [0.15, 0.2) is 12.2 Å². The van der Waals surface area contributed by atoms with Gasteiger partial charge in [0.1, 0.15) is 19.3 Å². The Morgan fingerprint density at radius 1 is 0.286 bits per heavy atom. The van der Waals surface area contributed by atoms with Gasteiger partial charge in [-0.25, -0.2) is 9.13 Å². The van der Waals surface area contributed by atoms with Crippen LogP contribution in [0.25, 0.3) is 0 Å². The molecule has 0 aromatic carbocycles. The lowest BCUT2D eigenvalue weighted by molar-refractivity contribution is -0.161. The number of hydrogen-bond acceptors (Lipinski definition) is 15. The predicted molar refractivity (Wildman–Crippen MR) is 400 cm³/mol. The van der Waals surface area contributed by atoms with Crippen molar-refractivity contribution in [2.24, 2.45) is 0 Å². The zero-order chi connectivity index (χ0) is 71.8. The Bertz CT molecular complexity index is 2100. The first kappa shape index (κ1) is 94.8. The number of phosphoric ester groups is 2. The molecule has 0 amide bonds. The summed E-state index contributed by atoms with van der Waals surface area (Å²) < 4.78 is 68.5. The molecule has 0 aliphatic carbocycles. The van der Waals surface area contributed by atoms with Gasteiger partial charge in [-0.15, -0.1) is 0 Å². The number of aliphatic hydroxyl groups is 1. The van der Waals surface area contributed by atoms with Crippen LogP contribution in [0.1, 0.15) is 362 Å². The van der Waals surface area contributed by atoms with Crippen LogP contribution in [-0.2, 0) is 65.4 Å². The number of hydrogen-bond donors (Lipinski definition) is 3. The van der Waals surface area contributed by atoms with Gasteiger partial charge in [0.2, 0.25) is 0 Å². The first-order valence-corrected chi connectivity index (χ1v) is 42.5. The van der Waals surface area contributed by atoms with Crippen molar-refractivity contribution < 1.29 is 80.2 Å². The highest BCUT2D eigenvalue weighted by atomic mass is 31.2. The average Bonchev–Trinajstić information content (AvgIpc) is 1.04. The molecule has 0 aliphatic heterocycles. The van der Waals surface area contributed by atoms with Gasteiger partial charge in [0, 0.05) is 25.7 Å². The van der Waals surface area contributed by atoms with Crippen LogP contribution in [0.5, 0.6) is 0 Å². The van der Waals surface area contributed by atoms with Crippen molar-refractivity contribution in [2.75, 3.05) is 39.6 Å². The lowest BCUT2D eigenvalue weighted by Gasteiger charge is -2.21. The Hall–Kier alpha value is -3.24. The summed E-state index contributed by atoms with van der Waals surface area (Å²) in [6.45, 7) is 4.84. The van der Waals surface area contributed by atoms with E-state index in [9.17, 15) is 43.2 Å². The van der Waals surface area contributed by atoms with Crippen LogP contribution in [-0.4, -0.2) is 96.7 Å². The van der Waals surface area contributed by atoms with Crippen molar-refractivity contribution >= 4 is 39.5 Å². The molecule has 572 valence electrons. The van der Waals surface area contributed by atoms with Gasteiger partial charge >= 0.3 is 39.5 Å². The number of aliphatic hydroxyl groups excluding tert-OH is 1. The minimum absolute atomic E-state index is 0.0854. The lowest BCUT2D eigenvalue weighted by atomic mass is 10.1. The van der Waals surface area contributed by atoms with E-state index in [1.807, 2.05) is 0 Å². The van der Waals surface area contributed by atoms with Crippen LogP contribution >= 0.6 is 15.6 Å². The molecule has 19 heteroatoms. The van der Waals surface area contributed by atoms with Crippen LogP contribution in [0.15, 0.2) is 60.8 Å². The normalized spacial score (nSPS) is 14.2. The van der Waals surface area contributed by atoms with Crippen molar-refractivity contribution in [3.05, 3.63) is 60.8 Å². The van der Waals surface area contributed by atoms with Gasteiger partial charge in [-0.05, 0) is 135 Å². The van der Waals surface area contributed by atoms with E-state index < -0.39 is 97.5 Å². The van der Waals surface area contributed by atoms with Crippen LogP contribution in [0, 0.1) is 0 Å². The fraction of sp³-hybridized carbons (Fsp3) is 0.823. The number of carbonyl (C=O) groups is 4. The third-order valence-corrected chi connectivity index (χ3v) is 18.8. The number of carbonyl (C=O) groups excluding carboxylic acids is 4. The van der Waals surface area contributed by atoms with E-state index in [2.05, 4.69) is 88.5 Å². The molecule has 98 heavy (non-hydrogen) atoms. The molecule has 3 unspecified atom stereocenters. The summed E-state index contributed by atoms with van der Waals surface area (Å²) in [6.07, 6.45) is 70.5. The van der Waals surface area contributed by atoms with E-state index in [-0.39, 0.29) is 25.7 Å². The molecule has 0 aliphatic rings. The molecular formula is C79H144O17P2. The van der Waals surface area contributed by atoms with Gasteiger partial charge in [0.05, 0.1) is 26.4 Å². The Kier molecular flexibility index (Phi) is 69.7. The maximum Gasteiger partial charge on any atom is 0.472 e. The summed E-state index contributed by atoms with van der Waals surface area (Å²) in [7, 11) is -9.95. The summed E-state index contributed by atoms with van der Waals surface area (Å²) >= 11 is 0. The molecule has 0 radical (unpaired) electrons. The monoisotopic (exact) mass is 1430 g/mol. The van der Waals surface area contributed by atoms with Gasteiger partial charge in [-0.1, -0.05) is 262 Å². The predicted octanol–water partition coefficient (Wildman–Crippen LogP) is 22.7. The molecule has 0 spiro atoms. The fourth-order valence-electron chi connectivity index (χ4n) is 10.8. The zero-order valence-corrected chi connectivity index (χ0v) is 64.3. The maximum atomic E-state index is 13.1. The standard InChI is InChI=1S/C79H144O17P2/c1-5-9-13-17-21-25-29-33-36-40-43-47-51-55-59-63-76(81)89-69-74(95-78(83)65-61-57-53-49-45-39-32-28-24-20-16-12-8-4)71-93-97(85,86)91-67-73(80)68-92-98(87,88)94-72-75(96-79(84)66-62-58-54-50-46-42-38-35-31-27-23-19-15-11-7-3)70-90-77(82)64-60-56-52-48-44-41-37-34-30-26-22-18-14-10-6-2/h22,26,28,32-38,73-75,80H,5-21,23-25,27,29-31,39-72H2,1-4H3,(H,85,86)(H,87,88)/t73?,74-,75-/m1/s1. The van der Waals surface area contributed by atoms with Crippen molar-refractivity contribution in [2.45, 2.75) is 380 Å². The van der Waals surface area contributed by atoms with Crippen LogP contribution in [0.4, 0.5) is 0 Å². The van der Waals surface area contributed by atoms with E-state index in [4.69, 9.17) is 37.0 Å². The molecule has 0 aromatic rings. The second-order valence-corrected chi connectivity index (χ2v) is 29.5. The molecule has 0 rings (SSSR count). The maximum absolute atomic E-state index is 13.1. The lowest BCUT2D eigenvalue weighted by Crippen LogP contribution is -2.30. The zero-order valence-electron chi connectivity index (χ0n) is 62.5. The Balaban J connectivity index is 5.35. The van der Waals surface area contributed by atoms with E-state index in [0.717, 1.165) is 161 Å². The average molecular weight is 1430 g/mol. The number of esters is 4. The second-order valence-electron chi connectivity index (χ2n) is 26.6. The SMILES string of the molecule is CCCCCC=CCC=CCCCCCCCC(=O)OC[C@H](COP(=O)(O)OCC(O)COP(=O)(O)OC[C@@H](COC(=O)CCCCCCCC=CCCCCCCCC)OC(=O)CCCCCCCC=CCCCCCC)OC(=O)CCCCCCCC=CCCCCCCCC. The quantitative estimate of drug-likeness (QED) is 0.0169. The molecule has 0 fully saturated rings. The number of rotatable bonds is 75. The molecular weight excluding hydrogens is 1280 g/mol. The van der Waals surface area contributed by atoms with E-state index in [0.29, 0.717) is 25.7 Å². The number of ether oxygens (including phenoxy) is 4. The number of unbranched alkanes of at least 4 members (excludes halogenated alkanes) is 39. The van der Waals surface area contributed by atoms with Crippen molar-refractivity contribution in [1.82, 2.24) is 0 Å². The van der Waals surface area contributed by atoms with E-state index in [1.165, 1.54) is 122 Å². The minimum Gasteiger partial charge on any atom is -0.462 e. The van der Waals surface area contributed by atoms with Gasteiger partial charge in [-0.3, -0.25) is 37.3 Å². The Labute approximate surface area is 597 Å². The number of phosphoric acid groups is 2. The highest BCUT2D eigenvalue weighted by Crippen LogP contribution is 2.45. The molecule has 0 saturated heterocycles. The molecule has 0 bridgehead atoms. The molecule has 0 aromatic heterocycles. The van der Waals surface area contributed by atoms with E-state index >= 15 is 0 Å². The van der Waals surface area contributed by atoms with Crippen LogP contribution in [0.3, 0.4) is 0 Å². The highest BCUT2D eigenvalue weighted by Gasteiger charge is 2.30. The topological polar surface area (TPSA) is 237 Å². The van der Waals surface area contributed by atoms with Crippen molar-refractivity contribution in [1.29, 1.82) is 0 Å². The minimum atomic E-state index is -4.97. The second kappa shape index (κ2) is 72.1. The van der Waals surface area contributed by atoms with Crippen LogP contribution in [0.2, 0.25) is 0 Å². The highest BCUT2D eigenvalue weighted by molar-refractivity contribution is 7.47. The van der Waals surface area contributed by atoms with E-state index in [1.54, 1.807) is 0 Å². The molecule has 0 heterocycles. The third kappa shape index (κ3) is 71.2. The largest absolute Gasteiger partial charge is 0.472 e. The van der Waals surface area contributed by atoms with Gasteiger partial charge in [-0.2, -0.15) is 0 Å². The van der Waals surface area contributed by atoms with Gasteiger partial charge in [0.25, 0.3) is 0 Å². The molecule has 17 nitrogen and oxygen atoms in total. The van der Waals surface area contributed by atoms with Crippen molar-refractivity contribution in [3.63, 3.8) is 0 Å². The first-order valence-electron chi connectivity index (χ1n) is 39.5. The summed E-state index contributed by atoms with van der Waals surface area (Å²) in [5.74, 6) is -2.19. The molecule has 3 N–H and O–H groups in total. The third-order valence-electron chi connectivity index (χ3n) is 16.9. The summed E-state index contributed by atoms with van der Waals surface area (Å²) in [6, 6.07) is 0. The Morgan fingerprint density at radius 2 is 0.500 bits per heavy atom. The summed E-state index contributed by atoms with van der Waals surface area (Å²) in [4.78, 5) is 72.9. The van der Waals surface area contributed by atoms with Gasteiger partial charge < -0.3 is 33.8 Å².